The Labute approximate surface area is 103 Å². The summed E-state index contributed by atoms with van der Waals surface area (Å²) < 4.78 is 2.77. The monoisotopic (exact) mass is 280 g/mol. The molecule has 0 radical (unpaired) electrons. The molecule has 2 rings (SSSR count). The van der Waals surface area contributed by atoms with Gasteiger partial charge in [-0.3, -0.25) is 0 Å². The molecular formula is C11H13BrN4. The standard InChI is InChI=1S/C11H13BrN4/c1-2-4-13-11-6-10(3-5-14-11)16-8-9(12)7-15-16/h3,5-8H,2,4H2,1H3,(H,13,14). The topological polar surface area (TPSA) is 42.7 Å². The zero-order chi connectivity index (χ0) is 11.4. The van der Waals surface area contributed by atoms with Gasteiger partial charge < -0.3 is 5.32 Å². The maximum Gasteiger partial charge on any atom is 0.128 e. The van der Waals surface area contributed by atoms with E-state index in [0.717, 1.165) is 28.9 Å². The van der Waals surface area contributed by atoms with E-state index in [4.69, 9.17) is 0 Å². The molecule has 0 fully saturated rings. The third kappa shape index (κ3) is 2.61. The van der Waals surface area contributed by atoms with Crippen molar-refractivity contribution >= 4 is 21.7 Å². The predicted molar refractivity (Wildman–Crippen MR) is 67.8 cm³/mol. The van der Waals surface area contributed by atoms with Gasteiger partial charge >= 0.3 is 0 Å². The molecule has 2 aromatic heterocycles. The fourth-order valence-electron chi connectivity index (χ4n) is 1.35. The first-order chi connectivity index (χ1) is 7.79. The van der Waals surface area contributed by atoms with E-state index >= 15 is 0 Å². The highest BCUT2D eigenvalue weighted by Crippen LogP contribution is 2.14. The van der Waals surface area contributed by atoms with Gasteiger partial charge in [0.05, 0.1) is 16.4 Å². The molecule has 2 aromatic rings. The molecule has 84 valence electrons. The second-order valence-electron chi connectivity index (χ2n) is 3.43. The van der Waals surface area contributed by atoms with Crippen LogP contribution >= 0.6 is 15.9 Å². The minimum atomic E-state index is 0.881. The lowest BCUT2D eigenvalue weighted by molar-refractivity contribution is 0.876. The number of pyridine rings is 1. The highest BCUT2D eigenvalue weighted by Gasteiger charge is 2.00. The number of hydrogen-bond donors (Lipinski definition) is 1. The fourth-order valence-corrected chi connectivity index (χ4v) is 1.64. The minimum absolute atomic E-state index is 0.881. The van der Waals surface area contributed by atoms with Crippen molar-refractivity contribution in [2.45, 2.75) is 13.3 Å². The highest BCUT2D eigenvalue weighted by molar-refractivity contribution is 9.10. The number of rotatable bonds is 4. The molecule has 0 aliphatic rings. The summed E-state index contributed by atoms with van der Waals surface area (Å²) >= 11 is 3.38. The summed E-state index contributed by atoms with van der Waals surface area (Å²) in [6.45, 7) is 3.06. The van der Waals surface area contributed by atoms with Crippen molar-refractivity contribution in [2.75, 3.05) is 11.9 Å². The maximum atomic E-state index is 4.25. The molecule has 0 saturated heterocycles. The number of halogens is 1. The van der Waals surface area contributed by atoms with Crippen LogP contribution in [-0.4, -0.2) is 21.3 Å². The van der Waals surface area contributed by atoms with Gasteiger partial charge in [0.1, 0.15) is 5.82 Å². The Bertz CT molecular complexity index is 467. The van der Waals surface area contributed by atoms with Crippen LogP contribution in [0, 0.1) is 0 Å². The van der Waals surface area contributed by atoms with Crippen molar-refractivity contribution < 1.29 is 0 Å². The Morgan fingerprint density at radius 3 is 3.06 bits per heavy atom. The zero-order valence-electron chi connectivity index (χ0n) is 9.02. The first-order valence-corrected chi connectivity index (χ1v) is 5.99. The Hall–Kier alpha value is -1.36. The molecule has 0 aliphatic heterocycles. The highest BCUT2D eigenvalue weighted by atomic mass is 79.9. The molecule has 1 N–H and O–H groups in total. The van der Waals surface area contributed by atoms with Gasteiger partial charge in [0.15, 0.2) is 0 Å². The van der Waals surface area contributed by atoms with E-state index in [1.807, 2.05) is 23.0 Å². The Morgan fingerprint density at radius 2 is 2.38 bits per heavy atom. The second kappa shape index (κ2) is 5.12. The first kappa shape index (κ1) is 11.1. The van der Waals surface area contributed by atoms with Crippen molar-refractivity contribution in [1.82, 2.24) is 14.8 Å². The van der Waals surface area contributed by atoms with Crippen LogP contribution in [0.25, 0.3) is 5.69 Å². The number of anilines is 1. The largest absolute Gasteiger partial charge is 0.370 e. The van der Waals surface area contributed by atoms with E-state index in [-0.39, 0.29) is 0 Å². The quantitative estimate of drug-likeness (QED) is 0.937. The van der Waals surface area contributed by atoms with Crippen LogP contribution in [-0.2, 0) is 0 Å². The normalized spacial score (nSPS) is 10.4. The van der Waals surface area contributed by atoms with Gasteiger partial charge in [0.25, 0.3) is 0 Å². The van der Waals surface area contributed by atoms with E-state index in [9.17, 15) is 0 Å². The van der Waals surface area contributed by atoms with Crippen molar-refractivity contribution in [3.05, 3.63) is 35.2 Å². The van der Waals surface area contributed by atoms with Crippen LogP contribution in [0.5, 0.6) is 0 Å². The summed E-state index contributed by atoms with van der Waals surface area (Å²) in [4.78, 5) is 4.25. The molecule has 16 heavy (non-hydrogen) atoms. The lowest BCUT2D eigenvalue weighted by atomic mass is 10.4. The van der Waals surface area contributed by atoms with Crippen LogP contribution in [0.4, 0.5) is 5.82 Å². The van der Waals surface area contributed by atoms with Crippen LogP contribution < -0.4 is 5.32 Å². The number of nitrogens with zero attached hydrogens (tertiary/aromatic N) is 3. The van der Waals surface area contributed by atoms with Crippen molar-refractivity contribution in [3.8, 4) is 5.69 Å². The summed E-state index contributed by atoms with van der Waals surface area (Å²) in [6, 6.07) is 3.91. The van der Waals surface area contributed by atoms with Gasteiger partial charge in [0, 0.05) is 25.0 Å². The van der Waals surface area contributed by atoms with Crippen molar-refractivity contribution in [1.29, 1.82) is 0 Å². The number of aromatic nitrogens is 3. The van der Waals surface area contributed by atoms with Gasteiger partial charge in [0.2, 0.25) is 0 Å². The molecule has 0 spiro atoms. The fraction of sp³-hybridized carbons (Fsp3) is 0.273. The molecule has 2 heterocycles. The Kier molecular flexibility index (Phi) is 3.56. The second-order valence-corrected chi connectivity index (χ2v) is 4.34. The smallest absolute Gasteiger partial charge is 0.128 e. The zero-order valence-corrected chi connectivity index (χ0v) is 10.6. The van der Waals surface area contributed by atoms with Crippen LogP contribution in [0.2, 0.25) is 0 Å². The number of hydrogen-bond acceptors (Lipinski definition) is 3. The average molecular weight is 281 g/mol. The van der Waals surface area contributed by atoms with E-state index in [0.29, 0.717) is 0 Å². The van der Waals surface area contributed by atoms with Crippen LogP contribution in [0.15, 0.2) is 35.2 Å². The summed E-state index contributed by atoms with van der Waals surface area (Å²) in [7, 11) is 0. The van der Waals surface area contributed by atoms with Gasteiger partial charge in [-0.25, -0.2) is 9.67 Å². The SMILES string of the molecule is CCCNc1cc(-n2cc(Br)cn2)ccn1. The molecule has 0 saturated carbocycles. The number of nitrogens with one attached hydrogen (secondary N) is 1. The lowest BCUT2D eigenvalue weighted by Gasteiger charge is -2.06. The molecule has 5 heteroatoms. The molecule has 0 aromatic carbocycles. The molecule has 0 aliphatic carbocycles. The van der Waals surface area contributed by atoms with Gasteiger partial charge in [-0.15, -0.1) is 0 Å². The molecule has 0 unspecified atom stereocenters. The molecule has 0 bridgehead atoms. The van der Waals surface area contributed by atoms with Crippen LogP contribution in [0.3, 0.4) is 0 Å². The van der Waals surface area contributed by atoms with E-state index in [2.05, 4.69) is 38.3 Å². The molecule has 0 amide bonds. The van der Waals surface area contributed by atoms with Crippen molar-refractivity contribution in [2.24, 2.45) is 0 Å². The average Bonchev–Trinajstić information content (AvgIpc) is 2.74. The van der Waals surface area contributed by atoms with Gasteiger partial charge in [-0.05, 0) is 28.4 Å². The summed E-state index contributed by atoms with van der Waals surface area (Å²) in [5.74, 6) is 0.881. The van der Waals surface area contributed by atoms with Gasteiger partial charge in [-0.2, -0.15) is 5.10 Å². The predicted octanol–water partition coefficient (Wildman–Crippen LogP) is 2.85. The van der Waals surface area contributed by atoms with E-state index in [1.54, 1.807) is 12.4 Å². The third-order valence-electron chi connectivity index (χ3n) is 2.12. The van der Waals surface area contributed by atoms with E-state index < -0.39 is 0 Å². The molecule has 0 atom stereocenters. The summed E-state index contributed by atoms with van der Waals surface area (Å²) in [6.07, 6.45) is 6.54. The summed E-state index contributed by atoms with van der Waals surface area (Å²) in [5.41, 5.74) is 0.999. The Balaban J connectivity index is 2.22. The maximum absolute atomic E-state index is 4.25. The first-order valence-electron chi connectivity index (χ1n) is 5.20. The molecular weight excluding hydrogens is 268 g/mol. The summed E-state index contributed by atoms with van der Waals surface area (Å²) in [5, 5.41) is 7.47. The Morgan fingerprint density at radius 1 is 1.50 bits per heavy atom. The van der Waals surface area contributed by atoms with Crippen LogP contribution in [0.1, 0.15) is 13.3 Å². The van der Waals surface area contributed by atoms with E-state index in [1.165, 1.54) is 0 Å². The van der Waals surface area contributed by atoms with Crippen molar-refractivity contribution in [3.63, 3.8) is 0 Å². The molecule has 4 nitrogen and oxygen atoms in total. The third-order valence-corrected chi connectivity index (χ3v) is 2.52. The lowest BCUT2D eigenvalue weighted by Crippen LogP contribution is -2.03. The minimum Gasteiger partial charge on any atom is -0.370 e. The van der Waals surface area contributed by atoms with Gasteiger partial charge in [-0.1, -0.05) is 6.92 Å².